The Kier molecular flexibility index (Phi) is 11.0. The normalized spacial score (nSPS) is 11.0. The molecule has 0 bridgehead atoms. The summed E-state index contributed by atoms with van der Waals surface area (Å²) < 4.78 is 24.7. The molecule has 2 aromatic carbocycles. The number of amides is 1. The van der Waals surface area contributed by atoms with Gasteiger partial charge in [-0.3, -0.25) is 23.9 Å². The first-order chi connectivity index (χ1) is 20.4. The SMILES string of the molecule is Cc1c(CC(=O)c2ccc(CNCCF)cn2)cccc1-c1cccc(NC(=O)c2ccc(CCCCF)cn2)c1C. The topological polar surface area (TPSA) is 84.0 Å². The van der Waals surface area contributed by atoms with Gasteiger partial charge in [0.05, 0.1) is 6.67 Å². The quantitative estimate of drug-likeness (QED) is 0.129. The van der Waals surface area contributed by atoms with Crippen LogP contribution in [0.5, 0.6) is 0 Å². The summed E-state index contributed by atoms with van der Waals surface area (Å²) in [7, 11) is 0. The van der Waals surface area contributed by atoms with Gasteiger partial charge in [-0.2, -0.15) is 0 Å². The number of halogens is 2. The van der Waals surface area contributed by atoms with Gasteiger partial charge >= 0.3 is 0 Å². The number of rotatable bonds is 14. The molecule has 0 aliphatic heterocycles. The fourth-order valence-corrected chi connectivity index (χ4v) is 4.80. The molecule has 0 fully saturated rings. The zero-order chi connectivity index (χ0) is 29.9. The number of benzene rings is 2. The molecule has 0 unspecified atom stereocenters. The minimum atomic E-state index is -0.433. The second-order valence-corrected chi connectivity index (χ2v) is 10.2. The van der Waals surface area contributed by atoms with Gasteiger partial charge in [0.25, 0.3) is 5.91 Å². The number of ketones is 1. The summed E-state index contributed by atoms with van der Waals surface area (Å²) >= 11 is 0. The highest BCUT2D eigenvalue weighted by Crippen LogP contribution is 2.32. The number of carbonyl (C=O) groups excluding carboxylic acids is 2. The maximum absolute atomic E-state index is 13.1. The van der Waals surface area contributed by atoms with E-state index in [0.717, 1.165) is 51.8 Å². The number of anilines is 1. The molecule has 0 saturated heterocycles. The van der Waals surface area contributed by atoms with Crippen LogP contribution < -0.4 is 10.6 Å². The van der Waals surface area contributed by atoms with Gasteiger partial charge in [0, 0.05) is 37.6 Å². The molecule has 4 aromatic rings. The molecule has 1 amide bonds. The predicted octanol–water partition coefficient (Wildman–Crippen LogP) is 6.79. The number of carbonyl (C=O) groups is 2. The molecule has 0 spiro atoms. The van der Waals surface area contributed by atoms with E-state index in [-0.39, 0.29) is 31.3 Å². The Labute approximate surface area is 245 Å². The van der Waals surface area contributed by atoms with Gasteiger partial charge in [0.2, 0.25) is 0 Å². The maximum atomic E-state index is 13.1. The van der Waals surface area contributed by atoms with Crippen LogP contribution >= 0.6 is 0 Å². The molecule has 2 heterocycles. The predicted molar refractivity (Wildman–Crippen MR) is 162 cm³/mol. The number of Topliss-reactive ketones (excluding diaryl/α,β-unsaturated/α-hetero) is 1. The number of aryl methyl sites for hydroxylation is 1. The van der Waals surface area contributed by atoms with Crippen LogP contribution in [-0.2, 0) is 19.4 Å². The van der Waals surface area contributed by atoms with E-state index >= 15 is 0 Å². The third kappa shape index (κ3) is 7.91. The van der Waals surface area contributed by atoms with Crippen molar-refractivity contribution in [3.8, 4) is 11.1 Å². The summed E-state index contributed by atoms with van der Waals surface area (Å²) in [4.78, 5) is 34.6. The molecule has 0 aliphatic rings. The number of nitrogens with one attached hydrogen (secondary N) is 2. The second-order valence-electron chi connectivity index (χ2n) is 10.2. The fraction of sp³-hybridized carbons (Fsp3) is 0.294. The minimum absolute atomic E-state index is 0.0859. The van der Waals surface area contributed by atoms with E-state index < -0.39 is 6.67 Å². The Morgan fingerprint density at radius 3 is 2.14 bits per heavy atom. The van der Waals surface area contributed by atoms with Gasteiger partial charge in [-0.15, -0.1) is 0 Å². The molecule has 8 heteroatoms. The number of hydrogen-bond donors (Lipinski definition) is 2. The minimum Gasteiger partial charge on any atom is -0.320 e. The van der Waals surface area contributed by atoms with Gasteiger partial charge in [-0.05, 0) is 90.3 Å². The molecule has 0 radical (unpaired) electrons. The van der Waals surface area contributed by atoms with Crippen LogP contribution in [-0.4, -0.2) is 41.6 Å². The van der Waals surface area contributed by atoms with E-state index in [9.17, 15) is 18.4 Å². The highest BCUT2D eigenvalue weighted by molar-refractivity contribution is 6.04. The lowest BCUT2D eigenvalue weighted by atomic mass is 9.91. The summed E-state index contributed by atoms with van der Waals surface area (Å²) in [5.74, 6) is -0.393. The largest absolute Gasteiger partial charge is 0.320 e. The molecule has 4 rings (SSSR count). The average Bonchev–Trinajstić information content (AvgIpc) is 3.00. The van der Waals surface area contributed by atoms with Gasteiger partial charge < -0.3 is 10.6 Å². The first-order valence-corrected chi connectivity index (χ1v) is 14.2. The highest BCUT2D eigenvalue weighted by Gasteiger charge is 2.16. The summed E-state index contributed by atoms with van der Waals surface area (Å²) in [5.41, 5.74) is 7.95. The summed E-state index contributed by atoms with van der Waals surface area (Å²) in [6, 6.07) is 18.7. The number of pyridine rings is 2. The fourth-order valence-electron chi connectivity index (χ4n) is 4.80. The molecule has 218 valence electrons. The molecule has 42 heavy (non-hydrogen) atoms. The number of aromatic nitrogens is 2. The monoisotopic (exact) mass is 570 g/mol. The third-order valence-electron chi connectivity index (χ3n) is 7.29. The number of hydrogen-bond acceptors (Lipinski definition) is 5. The summed E-state index contributed by atoms with van der Waals surface area (Å²) in [6.07, 6.45) is 5.51. The Hall–Kier alpha value is -4.30. The van der Waals surface area contributed by atoms with Crippen LogP contribution in [0.3, 0.4) is 0 Å². The van der Waals surface area contributed by atoms with Crippen molar-refractivity contribution in [2.75, 3.05) is 25.2 Å². The second kappa shape index (κ2) is 15.1. The average molecular weight is 571 g/mol. The van der Waals surface area contributed by atoms with Crippen LogP contribution in [0.2, 0.25) is 0 Å². The van der Waals surface area contributed by atoms with E-state index in [1.807, 2.05) is 62.4 Å². The molecule has 2 aromatic heterocycles. The Morgan fingerprint density at radius 2 is 1.45 bits per heavy atom. The molecule has 0 aliphatic carbocycles. The van der Waals surface area contributed by atoms with E-state index in [1.165, 1.54) is 0 Å². The van der Waals surface area contributed by atoms with E-state index in [1.54, 1.807) is 24.5 Å². The van der Waals surface area contributed by atoms with Crippen LogP contribution in [0.1, 0.15) is 61.6 Å². The number of unbranched alkanes of at least 4 members (excludes halogenated alkanes) is 1. The van der Waals surface area contributed by atoms with Gasteiger partial charge in [-0.1, -0.05) is 42.5 Å². The van der Waals surface area contributed by atoms with Crippen LogP contribution in [0.15, 0.2) is 73.1 Å². The zero-order valence-corrected chi connectivity index (χ0v) is 24.1. The van der Waals surface area contributed by atoms with Gasteiger partial charge in [-0.25, -0.2) is 4.39 Å². The lowest BCUT2D eigenvalue weighted by molar-refractivity contribution is 0.0986. The van der Waals surface area contributed by atoms with Crippen molar-refractivity contribution >= 4 is 17.4 Å². The van der Waals surface area contributed by atoms with E-state index in [4.69, 9.17) is 0 Å². The van der Waals surface area contributed by atoms with Crippen molar-refractivity contribution in [2.24, 2.45) is 0 Å². The lowest BCUT2D eigenvalue weighted by Crippen LogP contribution is -2.16. The maximum Gasteiger partial charge on any atom is 0.274 e. The van der Waals surface area contributed by atoms with E-state index in [0.29, 0.717) is 30.0 Å². The van der Waals surface area contributed by atoms with Crippen molar-refractivity contribution in [1.82, 2.24) is 15.3 Å². The molecule has 0 saturated carbocycles. The van der Waals surface area contributed by atoms with Crippen molar-refractivity contribution in [3.63, 3.8) is 0 Å². The first kappa shape index (κ1) is 30.7. The van der Waals surface area contributed by atoms with Crippen molar-refractivity contribution in [3.05, 3.63) is 112 Å². The highest BCUT2D eigenvalue weighted by atomic mass is 19.1. The van der Waals surface area contributed by atoms with Crippen LogP contribution in [0.25, 0.3) is 11.1 Å². The first-order valence-electron chi connectivity index (χ1n) is 14.2. The lowest BCUT2D eigenvalue weighted by Gasteiger charge is -2.16. The smallest absolute Gasteiger partial charge is 0.274 e. The molecule has 2 N–H and O–H groups in total. The Bertz CT molecular complexity index is 1390. The van der Waals surface area contributed by atoms with Crippen molar-refractivity contribution in [1.29, 1.82) is 0 Å². The molecule has 0 atom stereocenters. The zero-order valence-electron chi connectivity index (χ0n) is 24.1. The van der Waals surface area contributed by atoms with Gasteiger partial charge in [0.15, 0.2) is 5.78 Å². The molecular weight excluding hydrogens is 534 g/mol. The van der Waals surface area contributed by atoms with E-state index in [2.05, 4.69) is 20.6 Å². The van der Waals surface area contributed by atoms with Crippen molar-refractivity contribution in [2.45, 2.75) is 46.1 Å². The van der Waals surface area contributed by atoms with Crippen molar-refractivity contribution < 1.29 is 18.4 Å². The van der Waals surface area contributed by atoms with Gasteiger partial charge in [0.1, 0.15) is 18.1 Å². The molecular formula is C34H36F2N4O2. The van der Waals surface area contributed by atoms with Crippen LogP contribution in [0, 0.1) is 13.8 Å². The summed E-state index contributed by atoms with van der Waals surface area (Å²) in [5, 5.41) is 5.95. The third-order valence-corrected chi connectivity index (χ3v) is 7.29. The number of nitrogens with zero attached hydrogens (tertiary/aromatic N) is 2. The van der Waals surface area contributed by atoms with Crippen LogP contribution in [0.4, 0.5) is 14.5 Å². The molecule has 6 nitrogen and oxygen atoms in total. The Balaban J connectivity index is 1.47. The Morgan fingerprint density at radius 1 is 0.762 bits per heavy atom. The standard InChI is InChI=1S/C34H36F2N4O2/c1-23-27(19-33(41)31-14-13-26(22-38-31)20-37-18-17-36)8-5-9-28(23)29-10-6-11-30(24(29)2)40-34(42)32-15-12-25(21-39-32)7-3-4-16-35/h5-6,8-15,21-22,37H,3-4,7,16-20H2,1-2H3,(H,40,42). The number of alkyl halides is 2. The summed E-state index contributed by atoms with van der Waals surface area (Å²) in [6.45, 7) is 3.96.